The number of benzene rings is 3. The molecule has 2 aliphatic heterocycles. The van der Waals surface area contributed by atoms with Crippen LogP contribution in [0.25, 0.3) is 6.08 Å². The molecule has 2 heterocycles. The Hall–Kier alpha value is -2.86. The van der Waals surface area contributed by atoms with Crippen LogP contribution in [0.1, 0.15) is 27.0 Å². The Morgan fingerprint density at radius 1 is 1.06 bits per heavy atom. The fourth-order valence-electron chi connectivity index (χ4n) is 3.74. The number of nitrogens with zero attached hydrogens (tertiary/aromatic N) is 1. The minimum atomic E-state index is -0.416. The summed E-state index contributed by atoms with van der Waals surface area (Å²) in [6, 6.07) is 15.2. The monoisotopic (exact) mass is 455 g/mol. The molecule has 0 fully saturated rings. The average molecular weight is 456 g/mol. The van der Waals surface area contributed by atoms with E-state index in [9.17, 15) is 9.18 Å². The highest BCUT2D eigenvalue weighted by Gasteiger charge is 2.33. The van der Waals surface area contributed by atoms with Gasteiger partial charge in [0, 0.05) is 18.7 Å². The van der Waals surface area contributed by atoms with E-state index in [1.165, 1.54) is 12.1 Å². The average Bonchev–Trinajstić information content (AvgIpc) is 3.08. The summed E-state index contributed by atoms with van der Waals surface area (Å²) in [5.74, 6) is 0.534. The van der Waals surface area contributed by atoms with E-state index in [0.29, 0.717) is 52.5 Å². The van der Waals surface area contributed by atoms with Crippen molar-refractivity contribution in [3.05, 3.63) is 98.5 Å². The topological polar surface area (TPSA) is 38.8 Å². The number of carbonyl (C=O) groups excluding carboxylic acids is 1. The predicted molar refractivity (Wildman–Crippen MR) is 117 cm³/mol. The van der Waals surface area contributed by atoms with E-state index in [4.69, 9.17) is 32.7 Å². The third-order valence-electron chi connectivity index (χ3n) is 5.26. The molecular weight excluding hydrogens is 440 g/mol. The summed E-state index contributed by atoms with van der Waals surface area (Å²) in [7, 11) is 0. The Morgan fingerprint density at radius 3 is 2.71 bits per heavy atom. The molecule has 0 N–H and O–H groups in total. The molecule has 0 radical (unpaired) electrons. The van der Waals surface area contributed by atoms with Gasteiger partial charge in [0.05, 0.1) is 21.2 Å². The lowest BCUT2D eigenvalue weighted by Crippen LogP contribution is -2.31. The van der Waals surface area contributed by atoms with Gasteiger partial charge in [0.1, 0.15) is 24.0 Å². The van der Waals surface area contributed by atoms with Gasteiger partial charge < -0.3 is 9.47 Å². The van der Waals surface area contributed by atoms with Crippen molar-refractivity contribution in [2.24, 2.45) is 0 Å². The Balaban J connectivity index is 1.43. The summed E-state index contributed by atoms with van der Waals surface area (Å²) in [5.41, 5.74) is 2.52. The Morgan fingerprint density at radius 2 is 1.90 bits per heavy atom. The number of rotatable bonds is 3. The van der Waals surface area contributed by atoms with Crippen LogP contribution in [0.3, 0.4) is 0 Å². The van der Waals surface area contributed by atoms with Crippen molar-refractivity contribution < 1.29 is 18.7 Å². The summed E-state index contributed by atoms with van der Waals surface area (Å²) >= 11 is 12.1. The highest BCUT2D eigenvalue weighted by atomic mass is 35.5. The summed E-state index contributed by atoms with van der Waals surface area (Å²) in [6.45, 7) is 1.50. The van der Waals surface area contributed by atoms with Crippen LogP contribution < -0.4 is 9.47 Å². The molecule has 2 aliphatic rings. The summed E-state index contributed by atoms with van der Waals surface area (Å²) in [4.78, 5) is 14.9. The maximum Gasteiger partial charge on any atom is 0.231 e. The molecular formula is C24H16Cl2FNO3. The Labute approximate surface area is 188 Å². The number of hydrogen-bond donors (Lipinski definition) is 0. The van der Waals surface area contributed by atoms with E-state index in [0.717, 1.165) is 11.1 Å². The standard InChI is InChI=1S/C24H16Cl2FNO3/c25-18-7-5-14(9-19(18)26)11-28-12-17-21(30-13-28)8-6-16-23(29)22(31-24(16)17)10-15-3-1-2-4-20(15)27/h1-10H,11-13H2/b22-10-. The van der Waals surface area contributed by atoms with Crippen molar-refractivity contribution in [3.8, 4) is 11.5 Å². The van der Waals surface area contributed by atoms with Gasteiger partial charge in [0.25, 0.3) is 0 Å². The molecule has 0 atom stereocenters. The summed E-state index contributed by atoms with van der Waals surface area (Å²) in [5, 5.41) is 1.000. The number of halogens is 3. The van der Waals surface area contributed by atoms with E-state index in [2.05, 4.69) is 4.90 Å². The number of hydrogen-bond acceptors (Lipinski definition) is 4. The molecule has 0 aromatic heterocycles. The van der Waals surface area contributed by atoms with Crippen LogP contribution in [0.15, 0.2) is 60.4 Å². The van der Waals surface area contributed by atoms with Gasteiger partial charge in [0.2, 0.25) is 5.78 Å². The second kappa shape index (κ2) is 8.00. The lowest BCUT2D eigenvalue weighted by atomic mass is 10.0. The predicted octanol–water partition coefficient (Wildman–Crippen LogP) is 6.10. The summed E-state index contributed by atoms with van der Waals surface area (Å²) in [6.07, 6.45) is 1.43. The number of carbonyl (C=O) groups is 1. The first-order chi connectivity index (χ1) is 15.0. The van der Waals surface area contributed by atoms with Crippen LogP contribution in [-0.2, 0) is 13.1 Å². The van der Waals surface area contributed by atoms with Crippen molar-refractivity contribution in [1.82, 2.24) is 4.90 Å². The van der Waals surface area contributed by atoms with Crippen molar-refractivity contribution >= 4 is 35.1 Å². The number of allylic oxidation sites excluding steroid dienone is 1. The molecule has 7 heteroatoms. The first kappa shape index (κ1) is 20.1. The molecule has 0 saturated carbocycles. The molecule has 0 saturated heterocycles. The lowest BCUT2D eigenvalue weighted by molar-refractivity contribution is 0.0873. The lowest BCUT2D eigenvalue weighted by Gasteiger charge is -2.29. The number of Topliss-reactive ketones (excluding diaryl/α,β-unsaturated/α-hetero) is 1. The van der Waals surface area contributed by atoms with Gasteiger partial charge in [-0.1, -0.05) is 47.5 Å². The highest BCUT2D eigenvalue weighted by molar-refractivity contribution is 6.42. The molecule has 3 aromatic carbocycles. The SMILES string of the molecule is O=C1/C(=C/c2ccccc2F)Oc2c1ccc1c2CN(Cc2ccc(Cl)c(Cl)c2)CO1. The molecule has 4 nitrogen and oxygen atoms in total. The molecule has 0 spiro atoms. The third kappa shape index (κ3) is 3.81. The fourth-order valence-corrected chi connectivity index (χ4v) is 4.06. The van der Waals surface area contributed by atoms with E-state index in [1.807, 2.05) is 12.1 Å². The second-order valence-electron chi connectivity index (χ2n) is 7.39. The smallest absolute Gasteiger partial charge is 0.231 e. The van der Waals surface area contributed by atoms with Gasteiger partial charge in [0.15, 0.2) is 5.76 Å². The number of fused-ring (bicyclic) bond motifs is 3. The quantitative estimate of drug-likeness (QED) is 0.447. The summed E-state index contributed by atoms with van der Waals surface area (Å²) < 4.78 is 25.8. The third-order valence-corrected chi connectivity index (χ3v) is 6.00. The largest absolute Gasteiger partial charge is 0.478 e. The Kier molecular flexibility index (Phi) is 5.18. The Bertz CT molecular complexity index is 1240. The van der Waals surface area contributed by atoms with Gasteiger partial charge in [-0.05, 0) is 42.0 Å². The van der Waals surface area contributed by atoms with Crippen molar-refractivity contribution in [3.63, 3.8) is 0 Å². The normalized spacial score (nSPS) is 16.6. The maximum atomic E-state index is 14.0. The zero-order valence-electron chi connectivity index (χ0n) is 16.2. The minimum Gasteiger partial charge on any atom is -0.478 e. The van der Waals surface area contributed by atoms with Gasteiger partial charge in [-0.2, -0.15) is 0 Å². The van der Waals surface area contributed by atoms with Gasteiger partial charge >= 0.3 is 0 Å². The van der Waals surface area contributed by atoms with Crippen molar-refractivity contribution in [2.75, 3.05) is 6.73 Å². The molecule has 156 valence electrons. The first-order valence-corrected chi connectivity index (χ1v) is 10.4. The van der Waals surface area contributed by atoms with Crippen LogP contribution in [0, 0.1) is 5.82 Å². The molecule has 0 amide bonds. The van der Waals surface area contributed by atoms with E-state index in [-0.39, 0.29) is 11.5 Å². The second-order valence-corrected chi connectivity index (χ2v) is 8.20. The fraction of sp³-hybridized carbons (Fsp3) is 0.125. The zero-order valence-corrected chi connectivity index (χ0v) is 17.7. The van der Waals surface area contributed by atoms with Crippen LogP contribution in [-0.4, -0.2) is 17.4 Å². The number of ether oxygens (including phenoxy) is 2. The van der Waals surface area contributed by atoms with E-state index in [1.54, 1.807) is 36.4 Å². The van der Waals surface area contributed by atoms with Crippen molar-refractivity contribution in [2.45, 2.75) is 13.1 Å². The molecule has 5 rings (SSSR count). The van der Waals surface area contributed by atoms with E-state index < -0.39 is 5.82 Å². The van der Waals surface area contributed by atoms with Crippen LogP contribution >= 0.6 is 23.2 Å². The van der Waals surface area contributed by atoms with Crippen LogP contribution in [0.2, 0.25) is 10.0 Å². The van der Waals surface area contributed by atoms with Crippen LogP contribution in [0.5, 0.6) is 11.5 Å². The van der Waals surface area contributed by atoms with Gasteiger partial charge in [-0.25, -0.2) is 4.39 Å². The van der Waals surface area contributed by atoms with E-state index >= 15 is 0 Å². The zero-order chi connectivity index (χ0) is 21.5. The van der Waals surface area contributed by atoms with Crippen molar-refractivity contribution in [1.29, 1.82) is 0 Å². The van der Waals surface area contributed by atoms with Gasteiger partial charge in [-0.15, -0.1) is 0 Å². The number of ketones is 1. The molecule has 0 bridgehead atoms. The molecule has 31 heavy (non-hydrogen) atoms. The molecule has 0 aliphatic carbocycles. The maximum absolute atomic E-state index is 14.0. The molecule has 0 unspecified atom stereocenters. The minimum absolute atomic E-state index is 0.0927. The molecule has 3 aromatic rings. The first-order valence-electron chi connectivity index (χ1n) is 9.63. The van der Waals surface area contributed by atoms with Gasteiger partial charge in [-0.3, -0.25) is 9.69 Å². The van der Waals surface area contributed by atoms with Crippen LogP contribution in [0.4, 0.5) is 4.39 Å². The highest BCUT2D eigenvalue weighted by Crippen LogP contribution is 2.42.